The van der Waals surface area contributed by atoms with Crippen LogP contribution in [0.5, 0.6) is 0 Å². The molecule has 26 heavy (non-hydrogen) atoms. The van der Waals surface area contributed by atoms with E-state index in [4.69, 9.17) is 0 Å². The Morgan fingerprint density at radius 1 is 1.04 bits per heavy atom. The molecule has 2 amide bonds. The monoisotopic (exact) mass is 381 g/mol. The predicted molar refractivity (Wildman–Crippen MR) is 99.3 cm³/mol. The highest BCUT2D eigenvalue weighted by molar-refractivity contribution is 7.89. The standard InChI is InChI=1S/C18H27N3O4S/c1-3-21(4-2)26(24,25)16-10-8-15(9-11-16)18(23)19-14-17(22)20-12-6-5-7-13-20/h8-11H,3-7,12-14H2,1-2H3,(H,19,23). The highest BCUT2D eigenvalue weighted by Gasteiger charge is 2.22. The van der Waals surface area contributed by atoms with Gasteiger partial charge in [-0.2, -0.15) is 4.31 Å². The van der Waals surface area contributed by atoms with Gasteiger partial charge in [0.1, 0.15) is 0 Å². The number of carbonyl (C=O) groups is 2. The topological polar surface area (TPSA) is 86.8 Å². The highest BCUT2D eigenvalue weighted by Crippen LogP contribution is 2.16. The third kappa shape index (κ3) is 4.82. The van der Waals surface area contributed by atoms with Crippen molar-refractivity contribution in [2.24, 2.45) is 0 Å². The van der Waals surface area contributed by atoms with Gasteiger partial charge in [0.05, 0.1) is 11.4 Å². The third-order valence-corrected chi connectivity index (χ3v) is 6.63. The number of hydrogen-bond donors (Lipinski definition) is 1. The first kappa shape index (κ1) is 20.4. The van der Waals surface area contributed by atoms with Gasteiger partial charge in [-0.25, -0.2) is 8.42 Å². The van der Waals surface area contributed by atoms with Crippen LogP contribution in [0.25, 0.3) is 0 Å². The van der Waals surface area contributed by atoms with E-state index in [0.717, 1.165) is 32.4 Å². The van der Waals surface area contributed by atoms with Gasteiger partial charge >= 0.3 is 0 Å². The lowest BCUT2D eigenvalue weighted by Gasteiger charge is -2.26. The number of nitrogens with zero attached hydrogens (tertiary/aromatic N) is 2. The van der Waals surface area contributed by atoms with E-state index in [1.165, 1.54) is 28.6 Å². The van der Waals surface area contributed by atoms with Gasteiger partial charge in [0, 0.05) is 31.7 Å². The number of benzene rings is 1. The van der Waals surface area contributed by atoms with Gasteiger partial charge in [-0.3, -0.25) is 9.59 Å². The first-order chi connectivity index (χ1) is 12.4. The number of likely N-dealkylation sites (tertiary alicyclic amines) is 1. The molecule has 0 radical (unpaired) electrons. The summed E-state index contributed by atoms with van der Waals surface area (Å²) in [7, 11) is -3.54. The molecule has 0 saturated carbocycles. The Morgan fingerprint density at radius 3 is 2.15 bits per heavy atom. The summed E-state index contributed by atoms with van der Waals surface area (Å²) in [4.78, 5) is 26.2. The average Bonchev–Trinajstić information content (AvgIpc) is 2.67. The summed E-state index contributed by atoms with van der Waals surface area (Å²) >= 11 is 0. The fraction of sp³-hybridized carbons (Fsp3) is 0.556. The molecule has 1 aliphatic rings. The second kappa shape index (κ2) is 9.14. The first-order valence-corrected chi connectivity index (χ1v) is 10.5. The van der Waals surface area contributed by atoms with Crippen molar-refractivity contribution in [3.63, 3.8) is 0 Å². The summed E-state index contributed by atoms with van der Waals surface area (Å²) in [6, 6.07) is 5.79. The molecule has 8 heteroatoms. The van der Waals surface area contributed by atoms with Gasteiger partial charge < -0.3 is 10.2 Å². The van der Waals surface area contributed by atoms with E-state index < -0.39 is 10.0 Å². The lowest BCUT2D eigenvalue weighted by molar-refractivity contribution is -0.130. The second-order valence-corrected chi connectivity index (χ2v) is 8.18. The molecule has 0 atom stereocenters. The molecule has 1 fully saturated rings. The fourth-order valence-corrected chi connectivity index (χ4v) is 4.46. The maximum Gasteiger partial charge on any atom is 0.251 e. The van der Waals surface area contributed by atoms with E-state index in [1.54, 1.807) is 18.7 Å². The molecule has 7 nitrogen and oxygen atoms in total. The first-order valence-electron chi connectivity index (χ1n) is 9.06. The summed E-state index contributed by atoms with van der Waals surface area (Å²) in [5.41, 5.74) is 0.329. The van der Waals surface area contributed by atoms with Crippen LogP contribution in [0.15, 0.2) is 29.2 Å². The normalized spacial score (nSPS) is 15.1. The Balaban J connectivity index is 1.97. The Morgan fingerprint density at radius 2 is 1.62 bits per heavy atom. The van der Waals surface area contributed by atoms with Crippen LogP contribution in [0, 0.1) is 0 Å². The van der Waals surface area contributed by atoms with Crippen molar-refractivity contribution in [3.8, 4) is 0 Å². The second-order valence-electron chi connectivity index (χ2n) is 6.24. The zero-order valence-electron chi connectivity index (χ0n) is 15.4. The fourth-order valence-electron chi connectivity index (χ4n) is 3.00. The average molecular weight is 381 g/mol. The molecule has 1 heterocycles. The summed E-state index contributed by atoms with van der Waals surface area (Å²) in [6.45, 7) is 5.78. The quantitative estimate of drug-likeness (QED) is 0.775. The molecule has 0 unspecified atom stereocenters. The van der Waals surface area contributed by atoms with Crippen molar-refractivity contribution >= 4 is 21.8 Å². The van der Waals surface area contributed by atoms with Gasteiger partial charge in [-0.15, -0.1) is 0 Å². The number of hydrogen-bond acceptors (Lipinski definition) is 4. The third-order valence-electron chi connectivity index (χ3n) is 4.57. The van der Waals surface area contributed by atoms with Gasteiger partial charge in [-0.05, 0) is 43.5 Å². The van der Waals surface area contributed by atoms with Crippen LogP contribution >= 0.6 is 0 Å². The molecule has 1 aromatic carbocycles. The Hall–Kier alpha value is -1.93. The molecule has 0 bridgehead atoms. The SMILES string of the molecule is CCN(CC)S(=O)(=O)c1ccc(C(=O)NCC(=O)N2CCCCC2)cc1. The lowest BCUT2D eigenvalue weighted by atomic mass is 10.1. The smallest absolute Gasteiger partial charge is 0.251 e. The van der Waals surface area contributed by atoms with Crippen LogP contribution in [-0.4, -0.2) is 62.2 Å². The Labute approximate surface area is 155 Å². The zero-order valence-corrected chi connectivity index (χ0v) is 16.2. The molecule has 0 aliphatic carbocycles. The number of amides is 2. The van der Waals surface area contributed by atoms with Crippen molar-refractivity contribution in [2.75, 3.05) is 32.7 Å². The van der Waals surface area contributed by atoms with E-state index in [9.17, 15) is 18.0 Å². The Kier molecular flexibility index (Phi) is 7.16. The molecule has 2 rings (SSSR count). The van der Waals surface area contributed by atoms with Crippen LogP contribution in [0.4, 0.5) is 0 Å². The lowest BCUT2D eigenvalue weighted by Crippen LogP contribution is -2.42. The van der Waals surface area contributed by atoms with Crippen LogP contribution < -0.4 is 5.32 Å². The van der Waals surface area contributed by atoms with Gasteiger partial charge in [0.2, 0.25) is 15.9 Å². The van der Waals surface area contributed by atoms with E-state index in [0.29, 0.717) is 18.7 Å². The summed E-state index contributed by atoms with van der Waals surface area (Å²) in [5.74, 6) is -0.471. The zero-order chi connectivity index (χ0) is 19.2. The van der Waals surface area contributed by atoms with E-state index in [1.807, 2.05) is 0 Å². The molecular formula is C18H27N3O4S. The molecule has 0 spiro atoms. The maximum absolute atomic E-state index is 12.4. The number of rotatable bonds is 7. The molecule has 144 valence electrons. The van der Waals surface area contributed by atoms with E-state index >= 15 is 0 Å². The van der Waals surface area contributed by atoms with Gasteiger partial charge in [-0.1, -0.05) is 13.8 Å². The van der Waals surface area contributed by atoms with Crippen molar-refractivity contribution in [2.45, 2.75) is 38.0 Å². The molecule has 0 aromatic heterocycles. The number of piperidine rings is 1. The summed E-state index contributed by atoms with van der Waals surface area (Å²) in [6.07, 6.45) is 3.14. The summed E-state index contributed by atoms with van der Waals surface area (Å²) < 4.78 is 26.2. The van der Waals surface area contributed by atoms with E-state index in [2.05, 4.69) is 5.32 Å². The number of carbonyl (C=O) groups excluding carboxylic acids is 2. The minimum absolute atomic E-state index is 0.0433. The van der Waals surface area contributed by atoms with Crippen LogP contribution in [0.3, 0.4) is 0 Å². The molecular weight excluding hydrogens is 354 g/mol. The van der Waals surface area contributed by atoms with Gasteiger partial charge in [0.25, 0.3) is 5.91 Å². The number of nitrogens with one attached hydrogen (secondary N) is 1. The molecule has 1 N–H and O–H groups in total. The summed E-state index contributed by atoms with van der Waals surface area (Å²) in [5, 5.41) is 2.61. The maximum atomic E-state index is 12.4. The molecule has 1 aromatic rings. The minimum atomic E-state index is -3.54. The Bertz CT molecular complexity index is 721. The molecule has 1 saturated heterocycles. The van der Waals surface area contributed by atoms with Crippen molar-refractivity contribution in [1.29, 1.82) is 0 Å². The van der Waals surface area contributed by atoms with Gasteiger partial charge in [0.15, 0.2) is 0 Å². The molecule has 1 aliphatic heterocycles. The highest BCUT2D eigenvalue weighted by atomic mass is 32.2. The van der Waals surface area contributed by atoms with Crippen molar-refractivity contribution < 1.29 is 18.0 Å². The van der Waals surface area contributed by atoms with E-state index in [-0.39, 0.29) is 23.3 Å². The van der Waals surface area contributed by atoms with Crippen LogP contribution in [0.2, 0.25) is 0 Å². The minimum Gasteiger partial charge on any atom is -0.343 e. The van der Waals surface area contributed by atoms with Crippen molar-refractivity contribution in [3.05, 3.63) is 29.8 Å². The predicted octanol–water partition coefficient (Wildman–Crippen LogP) is 1.46. The van der Waals surface area contributed by atoms with Crippen molar-refractivity contribution in [1.82, 2.24) is 14.5 Å². The van der Waals surface area contributed by atoms with Crippen LogP contribution in [0.1, 0.15) is 43.5 Å². The number of sulfonamides is 1. The largest absolute Gasteiger partial charge is 0.343 e. The van der Waals surface area contributed by atoms with Crippen LogP contribution in [-0.2, 0) is 14.8 Å².